The van der Waals surface area contributed by atoms with Crippen LogP contribution in [-0.2, 0) is 0 Å². The minimum atomic E-state index is 0. The van der Waals surface area contributed by atoms with E-state index in [2.05, 4.69) is 15.0 Å². The first-order valence-electron chi connectivity index (χ1n) is 3.55. The average Bonchev–Trinajstić information content (AvgIpc) is 2.24. The third-order valence-corrected chi connectivity index (χ3v) is 1.04. The van der Waals surface area contributed by atoms with Crippen molar-refractivity contribution >= 4 is 17.0 Å². The first-order valence-corrected chi connectivity index (χ1v) is 3.55. The van der Waals surface area contributed by atoms with Crippen molar-refractivity contribution in [1.29, 1.82) is 0 Å². The lowest BCUT2D eigenvalue weighted by Gasteiger charge is -1.70. The molecule has 2 aromatic rings. The molecule has 0 amide bonds. The van der Waals surface area contributed by atoms with Crippen LogP contribution in [0.3, 0.4) is 0 Å². The molecule has 0 radical (unpaired) electrons. The number of rotatable bonds is 0. The van der Waals surface area contributed by atoms with Gasteiger partial charge in [0, 0.05) is 37.2 Å². The molecule has 0 spiro atoms. The van der Waals surface area contributed by atoms with Gasteiger partial charge in [-0.25, -0.2) is 0 Å². The van der Waals surface area contributed by atoms with Crippen molar-refractivity contribution in [3.05, 3.63) is 55.4 Å². The number of hydrogen-bond donors (Lipinski definition) is 0. The van der Waals surface area contributed by atoms with E-state index < -0.39 is 0 Å². The molecule has 0 aliphatic carbocycles. The van der Waals surface area contributed by atoms with Crippen LogP contribution < -0.4 is 0 Å². The molecular formula is C9H10BrN3. The molecule has 0 unspecified atom stereocenters. The van der Waals surface area contributed by atoms with Gasteiger partial charge in [-0.1, -0.05) is 6.07 Å². The lowest BCUT2D eigenvalue weighted by molar-refractivity contribution is 1.20. The standard InChI is InChI=1S/C5H5N.C4H4N2.BrH/c1-2-4-6-5-3-1;1-2-6-4-3-5-1;/h1-5H;1-4H;1H. The van der Waals surface area contributed by atoms with Gasteiger partial charge in [-0.05, 0) is 12.1 Å². The largest absolute Gasteiger partial charge is 0.265 e. The Kier molecular flexibility index (Phi) is 7.93. The fraction of sp³-hybridized carbons (Fsp3) is 0. The summed E-state index contributed by atoms with van der Waals surface area (Å²) < 4.78 is 0. The molecule has 3 nitrogen and oxygen atoms in total. The number of pyridine rings is 1. The van der Waals surface area contributed by atoms with E-state index in [1.54, 1.807) is 37.2 Å². The van der Waals surface area contributed by atoms with Gasteiger partial charge in [0.25, 0.3) is 0 Å². The zero-order valence-electron chi connectivity index (χ0n) is 6.95. The molecule has 0 atom stereocenters. The summed E-state index contributed by atoms with van der Waals surface area (Å²) in [6.45, 7) is 0. The lowest BCUT2D eigenvalue weighted by Crippen LogP contribution is -1.66. The predicted molar refractivity (Wildman–Crippen MR) is 56.6 cm³/mol. The highest BCUT2D eigenvalue weighted by molar-refractivity contribution is 8.93. The van der Waals surface area contributed by atoms with E-state index in [0.29, 0.717) is 0 Å². The van der Waals surface area contributed by atoms with Crippen LogP contribution in [0, 0.1) is 0 Å². The summed E-state index contributed by atoms with van der Waals surface area (Å²) in [6.07, 6.45) is 10.1. The average molecular weight is 240 g/mol. The Morgan fingerprint density at radius 1 is 0.462 bits per heavy atom. The molecule has 4 heteroatoms. The van der Waals surface area contributed by atoms with Gasteiger partial charge in [-0.15, -0.1) is 17.0 Å². The van der Waals surface area contributed by atoms with E-state index in [1.165, 1.54) is 0 Å². The lowest BCUT2D eigenvalue weighted by atomic mass is 10.5. The maximum atomic E-state index is 3.78. The van der Waals surface area contributed by atoms with Gasteiger partial charge in [-0.2, -0.15) is 0 Å². The van der Waals surface area contributed by atoms with Crippen molar-refractivity contribution < 1.29 is 0 Å². The van der Waals surface area contributed by atoms with Gasteiger partial charge >= 0.3 is 0 Å². The molecule has 68 valence electrons. The van der Waals surface area contributed by atoms with E-state index in [4.69, 9.17) is 0 Å². The zero-order valence-corrected chi connectivity index (χ0v) is 8.66. The summed E-state index contributed by atoms with van der Waals surface area (Å²) in [5.74, 6) is 0. The summed E-state index contributed by atoms with van der Waals surface area (Å²) >= 11 is 0. The molecular weight excluding hydrogens is 230 g/mol. The van der Waals surface area contributed by atoms with Gasteiger partial charge in [-0.3, -0.25) is 15.0 Å². The monoisotopic (exact) mass is 239 g/mol. The minimum absolute atomic E-state index is 0. The molecule has 13 heavy (non-hydrogen) atoms. The quantitative estimate of drug-likeness (QED) is 0.708. The van der Waals surface area contributed by atoms with Crippen LogP contribution in [0.2, 0.25) is 0 Å². The van der Waals surface area contributed by atoms with Crippen LogP contribution in [0.5, 0.6) is 0 Å². The van der Waals surface area contributed by atoms with E-state index in [1.807, 2.05) is 18.2 Å². The SMILES string of the molecule is Br.c1ccncc1.c1cnccn1. The maximum absolute atomic E-state index is 3.78. The predicted octanol–water partition coefficient (Wildman–Crippen LogP) is 2.14. The molecule has 0 fully saturated rings. The van der Waals surface area contributed by atoms with Crippen LogP contribution in [0.1, 0.15) is 0 Å². The van der Waals surface area contributed by atoms with Gasteiger partial charge in [0.2, 0.25) is 0 Å². The van der Waals surface area contributed by atoms with Crippen LogP contribution in [0.15, 0.2) is 55.4 Å². The molecule has 0 aliphatic heterocycles. The van der Waals surface area contributed by atoms with Gasteiger partial charge < -0.3 is 0 Å². The first-order chi connectivity index (χ1) is 6.00. The molecule has 0 saturated heterocycles. The second kappa shape index (κ2) is 8.80. The third-order valence-electron chi connectivity index (χ3n) is 1.04. The summed E-state index contributed by atoms with van der Waals surface area (Å²) in [4.78, 5) is 11.2. The van der Waals surface area contributed by atoms with Crippen LogP contribution in [0.4, 0.5) is 0 Å². The molecule has 2 aromatic heterocycles. The van der Waals surface area contributed by atoms with E-state index in [9.17, 15) is 0 Å². The van der Waals surface area contributed by atoms with Gasteiger partial charge in [0.1, 0.15) is 0 Å². The fourth-order valence-electron chi connectivity index (χ4n) is 0.566. The fourth-order valence-corrected chi connectivity index (χ4v) is 0.566. The van der Waals surface area contributed by atoms with Crippen molar-refractivity contribution in [3.63, 3.8) is 0 Å². The van der Waals surface area contributed by atoms with Crippen LogP contribution >= 0.6 is 17.0 Å². The van der Waals surface area contributed by atoms with Crippen LogP contribution in [-0.4, -0.2) is 15.0 Å². The molecule has 0 aliphatic rings. The third kappa shape index (κ3) is 7.08. The number of aromatic nitrogens is 3. The topological polar surface area (TPSA) is 38.7 Å². The molecule has 0 N–H and O–H groups in total. The van der Waals surface area contributed by atoms with E-state index >= 15 is 0 Å². The second-order valence-electron chi connectivity index (χ2n) is 1.92. The van der Waals surface area contributed by atoms with Crippen molar-refractivity contribution in [2.24, 2.45) is 0 Å². The van der Waals surface area contributed by atoms with Gasteiger partial charge in [0.15, 0.2) is 0 Å². The minimum Gasteiger partial charge on any atom is -0.265 e. The van der Waals surface area contributed by atoms with E-state index in [-0.39, 0.29) is 17.0 Å². The normalized spacial score (nSPS) is 7.38. The summed E-state index contributed by atoms with van der Waals surface area (Å²) in [5, 5.41) is 0. The van der Waals surface area contributed by atoms with Crippen LogP contribution in [0.25, 0.3) is 0 Å². The Hall–Kier alpha value is -1.29. The summed E-state index contributed by atoms with van der Waals surface area (Å²) in [5.41, 5.74) is 0. The molecule has 0 saturated carbocycles. The highest BCUT2D eigenvalue weighted by Crippen LogP contribution is 1.73. The van der Waals surface area contributed by atoms with Crippen molar-refractivity contribution in [2.75, 3.05) is 0 Å². The number of hydrogen-bond acceptors (Lipinski definition) is 3. The first kappa shape index (κ1) is 11.7. The maximum Gasteiger partial charge on any atom is 0.0451 e. The molecule has 0 aromatic carbocycles. The van der Waals surface area contributed by atoms with Crippen molar-refractivity contribution in [3.8, 4) is 0 Å². The Morgan fingerprint density at radius 3 is 1.00 bits per heavy atom. The Labute approximate surface area is 87.7 Å². The Morgan fingerprint density at radius 2 is 0.846 bits per heavy atom. The number of halogens is 1. The Bertz CT molecular complexity index is 190. The van der Waals surface area contributed by atoms with E-state index in [0.717, 1.165) is 0 Å². The molecule has 2 rings (SSSR count). The highest BCUT2D eigenvalue weighted by atomic mass is 79.9. The molecule has 2 heterocycles. The smallest absolute Gasteiger partial charge is 0.0451 e. The summed E-state index contributed by atoms with van der Waals surface area (Å²) in [6, 6.07) is 5.72. The molecule has 0 bridgehead atoms. The zero-order chi connectivity index (χ0) is 8.49. The summed E-state index contributed by atoms with van der Waals surface area (Å²) in [7, 11) is 0. The number of nitrogens with zero attached hydrogens (tertiary/aromatic N) is 3. The Balaban J connectivity index is 0.000000206. The van der Waals surface area contributed by atoms with Gasteiger partial charge in [0.05, 0.1) is 0 Å². The second-order valence-corrected chi connectivity index (χ2v) is 1.92. The highest BCUT2D eigenvalue weighted by Gasteiger charge is 1.59. The van der Waals surface area contributed by atoms with Crippen molar-refractivity contribution in [2.45, 2.75) is 0 Å². The van der Waals surface area contributed by atoms with Crippen molar-refractivity contribution in [1.82, 2.24) is 15.0 Å².